The number of nitrogens with zero attached hydrogens (tertiary/aromatic N) is 1. The van der Waals surface area contributed by atoms with E-state index in [1.54, 1.807) is 0 Å². The molecule has 5 heteroatoms. The summed E-state index contributed by atoms with van der Waals surface area (Å²) in [5.41, 5.74) is 0. The maximum absolute atomic E-state index is 13.3. The Morgan fingerprint density at radius 2 is 1.82 bits per heavy atom. The Hall–Kier alpha value is -1.07. The molecule has 0 aromatic rings. The van der Waals surface area contributed by atoms with Gasteiger partial charge in [-0.25, -0.2) is 0 Å². The molecule has 1 saturated carbocycles. The topological polar surface area (TPSA) is 59.0 Å². The number of rotatable bonds is 7. The van der Waals surface area contributed by atoms with Gasteiger partial charge < -0.3 is 19.5 Å². The Kier molecular flexibility index (Phi) is 8.66. The molecule has 0 spiro atoms. The van der Waals surface area contributed by atoms with Crippen molar-refractivity contribution in [2.75, 3.05) is 26.3 Å². The predicted molar refractivity (Wildman–Crippen MR) is 110 cm³/mol. The molecular formula is C23H39NO4. The van der Waals surface area contributed by atoms with Crippen molar-refractivity contribution in [3.63, 3.8) is 0 Å². The highest BCUT2D eigenvalue weighted by atomic mass is 16.7. The van der Waals surface area contributed by atoms with E-state index in [0.29, 0.717) is 24.2 Å². The van der Waals surface area contributed by atoms with E-state index < -0.39 is 0 Å². The van der Waals surface area contributed by atoms with Crippen LogP contribution in [0, 0.1) is 17.8 Å². The molecule has 2 heterocycles. The summed E-state index contributed by atoms with van der Waals surface area (Å²) < 4.78 is 12.2. The summed E-state index contributed by atoms with van der Waals surface area (Å²) in [5.74, 6) is 1.70. The number of likely N-dealkylation sites (tertiary alicyclic amines) is 1. The summed E-state index contributed by atoms with van der Waals surface area (Å²) in [5, 5.41) is 9.37. The summed E-state index contributed by atoms with van der Waals surface area (Å²) in [6, 6.07) is 0. The molecule has 1 saturated heterocycles. The average molecular weight is 394 g/mol. The van der Waals surface area contributed by atoms with Gasteiger partial charge in [0.25, 0.3) is 5.91 Å². The van der Waals surface area contributed by atoms with E-state index in [2.05, 4.69) is 6.08 Å². The van der Waals surface area contributed by atoms with Crippen molar-refractivity contribution in [1.29, 1.82) is 0 Å². The van der Waals surface area contributed by atoms with Crippen LogP contribution in [-0.4, -0.2) is 48.5 Å². The molecule has 160 valence electrons. The monoisotopic (exact) mass is 393 g/mol. The number of carbonyl (C=O) groups is 1. The van der Waals surface area contributed by atoms with Gasteiger partial charge in [-0.1, -0.05) is 32.1 Å². The smallest absolute Gasteiger partial charge is 0.288 e. The minimum Gasteiger partial charge on any atom is -0.459 e. The van der Waals surface area contributed by atoms with Gasteiger partial charge in [0.05, 0.1) is 0 Å². The van der Waals surface area contributed by atoms with Gasteiger partial charge in [-0.2, -0.15) is 0 Å². The number of aliphatic hydroxyl groups is 1. The number of amides is 1. The van der Waals surface area contributed by atoms with Crippen LogP contribution in [0.2, 0.25) is 0 Å². The zero-order valence-corrected chi connectivity index (χ0v) is 17.6. The fraction of sp³-hybridized carbons (Fsp3) is 0.870. The molecule has 3 aliphatic rings. The van der Waals surface area contributed by atoms with Crippen molar-refractivity contribution in [1.82, 2.24) is 4.90 Å². The summed E-state index contributed by atoms with van der Waals surface area (Å²) in [4.78, 5) is 15.3. The van der Waals surface area contributed by atoms with Gasteiger partial charge in [-0.15, -0.1) is 0 Å². The van der Waals surface area contributed by atoms with Crippen LogP contribution < -0.4 is 0 Å². The third kappa shape index (κ3) is 5.50. The molecular weight excluding hydrogens is 354 g/mol. The molecule has 28 heavy (non-hydrogen) atoms. The molecule has 1 amide bonds. The van der Waals surface area contributed by atoms with E-state index in [1.165, 1.54) is 44.9 Å². The maximum Gasteiger partial charge on any atom is 0.288 e. The number of carbonyl (C=O) groups excluding carboxylic acids is 1. The Balaban J connectivity index is 1.80. The van der Waals surface area contributed by atoms with Crippen molar-refractivity contribution in [2.24, 2.45) is 17.8 Å². The quantitative estimate of drug-likeness (QED) is 0.702. The molecule has 0 radical (unpaired) electrons. The van der Waals surface area contributed by atoms with E-state index in [0.717, 1.165) is 38.8 Å². The van der Waals surface area contributed by atoms with Crippen LogP contribution in [0.1, 0.15) is 77.6 Å². The lowest BCUT2D eigenvalue weighted by Gasteiger charge is -2.40. The highest BCUT2D eigenvalue weighted by Crippen LogP contribution is 2.43. The SMILES string of the molecule is CCO[C@H]1OC(C(=O)N2CCCCCCC2)=C[C@@H](C2CCCC2)[C@H]1CCCO. The molecule has 1 N–H and O–H groups in total. The second-order valence-corrected chi connectivity index (χ2v) is 8.68. The molecule has 2 aliphatic heterocycles. The molecule has 3 atom stereocenters. The Bertz CT molecular complexity index is 507. The van der Waals surface area contributed by atoms with Crippen molar-refractivity contribution in [3.05, 3.63) is 11.8 Å². The Morgan fingerprint density at radius 3 is 2.46 bits per heavy atom. The third-order valence-corrected chi connectivity index (χ3v) is 6.76. The van der Waals surface area contributed by atoms with Crippen LogP contribution in [0.5, 0.6) is 0 Å². The van der Waals surface area contributed by atoms with Crippen molar-refractivity contribution < 1.29 is 19.4 Å². The number of hydrogen-bond donors (Lipinski definition) is 1. The first kappa shape index (κ1) is 21.6. The standard InChI is InChI=1S/C23H39NO4/c1-2-27-23-19(13-10-16-25)20(18-11-6-7-12-18)17-21(28-23)22(26)24-14-8-4-3-5-9-15-24/h17-20,23,25H,2-16H2,1H3/t19-,20+,23+/m1/s1. The first-order valence-electron chi connectivity index (χ1n) is 11.6. The van der Waals surface area contributed by atoms with Crippen LogP contribution in [0.25, 0.3) is 0 Å². The molecule has 1 aliphatic carbocycles. The number of ether oxygens (including phenoxy) is 2. The van der Waals surface area contributed by atoms with Crippen molar-refractivity contribution in [2.45, 2.75) is 83.8 Å². The first-order chi connectivity index (χ1) is 13.7. The van der Waals surface area contributed by atoms with Crippen LogP contribution >= 0.6 is 0 Å². The van der Waals surface area contributed by atoms with Gasteiger partial charge in [0.1, 0.15) is 0 Å². The molecule has 2 fully saturated rings. The number of aliphatic hydroxyl groups excluding tert-OH is 1. The second kappa shape index (κ2) is 11.2. The maximum atomic E-state index is 13.3. The molecule has 0 bridgehead atoms. The fourth-order valence-electron chi connectivity index (χ4n) is 5.27. The van der Waals surface area contributed by atoms with E-state index in [9.17, 15) is 9.90 Å². The molecule has 5 nitrogen and oxygen atoms in total. The molecule has 0 unspecified atom stereocenters. The highest BCUT2D eigenvalue weighted by Gasteiger charge is 2.41. The largest absolute Gasteiger partial charge is 0.459 e. The zero-order chi connectivity index (χ0) is 19.8. The Labute approximate surface area is 170 Å². The lowest BCUT2D eigenvalue weighted by molar-refractivity contribution is -0.179. The number of hydrogen-bond acceptors (Lipinski definition) is 4. The van der Waals surface area contributed by atoms with E-state index in [4.69, 9.17) is 9.47 Å². The van der Waals surface area contributed by atoms with Crippen molar-refractivity contribution in [3.8, 4) is 0 Å². The van der Waals surface area contributed by atoms with E-state index in [-0.39, 0.29) is 24.7 Å². The highest BCUT2D eigenvalue weighted by molar-refractivity contribution is 5.91. The molecule has 0 aromatic heterocycles. The van der Waals surface area contributed by atoms with Gasteiger partial charge in [-0.05, 0) is 63.4 Å². The van der Waals surface area contributed by atoms with Gasteiger partial charge >= 0.3 is 0 Å². The normalized spacial score (nSPS) is 29.7. The average Bonchev–Trinajstić information content (AvgIpc) is 3.20. The van der Waals surface area contributed by atoms with Crippen LogP contribution in [0.3, 0.4) is 0 Å². The number of allylic oxidation sites excluding steroid dienone is 1. The first-order valence-corrected chi connectivity index (χ1v) is 11.6. The minimum absolute atomic E-state index is 0.0511. The Morgan fingerprint density at radius 1 is 1.14 bits per heavy atom. The van der Waals surface area contributed by atoms with Gasteiger partial charge in [0.2, 0.25) is 6.29 Å². The van der Waals surface area contributed by atoms with Gasteiger partial charge in [0.15, 0.2) is 5.76 Å². The third-order valence-electron chi connectivity index (χ3n) is 6.76. The molecule has 0 aromatic carbocycles. The van der Waals surface area contributed by atoms with Crippen LogP contribution in [-0.2, 0) is 14.3 Å². The van der Waals surface area contributed by atoms with Crippen LogP contribution in [0.15, 0.2) is 11.8 Å². The summed E-state index contributed by atoms with van der Waals surface area (Å²) in [6.07, 6.45) is 14.3. The summed E-state index contributed by atoms with van der Waals surface area (Å²) >= 11 is 0. The lowest BCUT2D eigenvalue weighted by atomic mass is 9.76. The fourth-order valence-corrected chi connectivity index (χ4v) is 5.27. The predicted octanol–water partition coefficient (Wildman–Crippen LogP) is 4.25. The lowest BCUT2D eigenvalue weighted by Crippen LogP contribution is -2.43. The van der Waals surface area contributed by atoms with Crippen molar-refractivity contribution >= 4 is 5.91 Å². The summed E-state index contributed by atoms with van der Waals surface area (Å²) in [6.45, 7) is 4.41. The van der Waals surface area contributed by atoms with Crippen LogP contribution in [0.4, 0.5) is 0 Å². The van der Waals surface area contributed by atoms with E-state index >= 15 is 0 Å². The molecule has 3 rings (SSSR count). The zero-order valence-electron chi connectivity index (χ0n) is 17.6. The summed E-state index contributed by atoms with van der Waals surface area (Å²) in [7, 11) is 0. The van der Waals surface area contributed by atoms with Gasteiger partial charge in [0, 0.05) is 32.2 Å². The van der Waals surface area contributed by atoms with E-state index in [1.807, 2.05) is 11.8 Å². The van der Waals surface area contributed by atoms with Gasteiger partial charge in [-0.3, -0.25) is 4.79 Å². The minimum atomic E-state index is -0.374. The second-order valence-electron chi connectivity index (χ2n) is 8.68.